The highest BCUT2D eigenvalue weighted by Gasteiger charge is 2.15. The number of nitrogens with one attached hydrogen (secondary N) is 1. The smallest absolute Gasteiger partial charge is 0.283 e. The number of aryl methyl sites for hydroxylation is 1. The van der Waals surface area contributed by atoms with Gasteiger partial charge in [0.25, 0.3) is 17.7 Å². The molecule has 3 heterocycles. The Morgan fingerprint density at radius 3 is 2.74 bits per heavy atom. The van der Waals surface area contributed by atoms with Gasteiger partial charge in [0.15, 0.2) is 5.76 Å². The lowest BCUT2D eigenvalue weighted by atomic mass is 10.1. The van der Waals surface area contributed by atoms with Crippen molar-refractivity contribution < 1.29 is 13.6 Å². The van der Waals surface area contributed by atoms with E-state index >= 15 is 0 Å². The number of carbonyl (C=O) groups is 1. The number of rotatable bonds is 4. The van der Waals surface area contributed by atoms with E-state index in [4.69, 9.17) is 20.4 Å². The number of aromatic nitrogens is 3. The van der Waals surface area contributed by atoms with E-state index in [0.717, 1.165) is 5.56 Å². The summed E-state index contributed by atoms with van der Waals surface area (Å²) in [6.45, 7) is 1.84. The maximum atomic E-state index is 12.5. The lowest BCUT2D eigenvalue weighted by Gasteiger charge is -2.08. The van der Waals surface area contributed by atoms with E-state index in [9.17, 15) is 4.79 Å². The number of hydrogen-bond donors (Lipinski definition) is 1. The Morgan fingerprint density at radius 2 is 1.93 bits per heavy atom. The van der Waals surface area contributed by atoms with E-state index < -0.39 is 0 Å². The molecule has 1 N–H and O–H groups in total. The van der Waals surface area contributed by atoms with Crippen LogP contribution < -0.4 is 5.32 Å². The maximum absolute atomic E-state index is 12.5. The fourth-order valence-corrected chi connectivity index (χ4v) is 2.64. The molecule has 0 fully saturated rings. The van der Waals surface area contributed by atoms with Crippen LogP contribution in [0.15, 0.2) is 63.6 Å². The summed E-state index contributed by atoms with van der Waals surface area (Å²) in [5.41, 5.74) is 1.72. The monoisotopic (exact) mass is 380 g/mol. The Labute approximate surface area is 159 Å². The zero-order valence-electron chi connectivity index (χ0n) is 14.1. The van der Waals surface area contributed by atoms with Crippen molar-refractivity contribution >= 4 is 23.3 Å². The van der Waals surface area contributed by atoms with E-state index in [0.29, 0.717) is 27.9 Å². The van der Waals surface area contributed by atoms with Crippen molar-refractivity contribution in [3.63, 3.8) is 0 Å². The summed E-state index contributed by atoms with van der Waals surface area (Å²) in [6.07, 6.45) is 1.52. The lowest BCUT2D eigenvalue weighted by Crippen LogP contribution is -2.14. The standard InChI is InChI=1S/C19H13ClN4O3/c1-11-7-8-12(20)10-13(11)17(25)22-16-6-2-4-14(21-16)18-23-24-19(27-18)15-5-3-9-26-15/h2-10H,1H3,(H,21,22,25). The third-order valence-electron chi connectivity index (χ3n) is 3.81. The second-order valence-corrected chi connectivity index (χ2v) is 6.15. The van der Waals surface area contributed by atoms with E-state index in [1.165, 1.54) is 6.26 Å². The largest absolute Gasteiger partial charge is 0.459 e. The van der Waals surface area contributed by atoms with E-state index in [1.807, 2.05) is 6.92 Å². The number of halogens is 1. The number of hydrogen-bond acceptors (Lipinski definition) is 6. The third kappa shape index (κ3) is 3.58. The van der Waals surface area contributed by atoms with Crippen molar-refractivity contribution in [2.24, 2.45) is 0 Å². The van der Waals surface area contributed by atoms with Gasteiger partial charge in [0.1, 0.15) is 11.5 Å². The predicted octanol–water partition coefficient (Wildman–Crippen LogP) is 4.61. The Morgan fingerprint density at radius 1 is 1.07 bits per heavy atom. The van der Waals surface area contributed by atoms with Crippen LogP contribution >= 0.6 is 11.6 Å². The summed E-state index contributed by atoms with van der Waals surface area (Å²) in [5.74, 6) is 0.989. The van der Waals surface area contributed by atoms with Gasteiger partial charge in [0, 0.05) is 10.6 Å². The van der Waals surface area contributed by atoms with Gasteiger partial charge in [-0.15, -0.1) is 10.2 Å². The summed E-state index contributed by atoms with van der Waals surface area (Å²) >= 11 is 5.98. The highest BCUT2D eigenvalue weighted by molar-refractivity contribution is 6.31. The molecule has 0 unspecified atom stereocenters. The minimum atomic E-state index is -0.304. The van der Waals surface area contributed by atoms with Crippen molar-refractivity contribution in [1.29, 1.82) is 0 Å². The highest BCUT2D eigenvalue weighted by atomic mass is 35.5. The Hall–Kier alpha value is -3.45. The molecular formula is C19H13ClN4O3. The number of amides is 1. The molecule has 134 valence electrons. The van der Waals surface area contributed by atoms with Gasteiger partial charge < -0.3 is 14.2 Å². The van der Waals surface area contributed by atoms with Crippen LogP contribution in [-0.2, 0) is 0 Å². The zero-order valence-corrected chi connectivity index (χ0v) is 14.9. The van der Waals surface area contributed by atoms with E-state index in [-0.39, 0.29) is 17.7 Å². The SMILES string of the molecule is Cc1ccc(Cl)cc1C(=O)Nc1cccc(-c2nnc(-c3ccco3)o2)n1. The molecule has 0 aliphatic heterocycles. The predicted molar refractivity (Wildman–Crippen MR) is 99.4 cm³/mol. The van der Waals surface area contributed by atoms with Crippen LogP contribution in [0.3, 0.4) is 0 Å². The average molecular weight is 381 g/mol. The van der Waals surface area contributed by atoms with Gasteiger partial charge in [-0.2, -0.15) is 0 Å². The summed E-state index contributed by atoms with van der Waals surface area (Å²) in [5, 5.41) is 11.2. The van der Waals surface area contributed by atoms with E-state index in [1.54, 1.807) is 48.5 Å². The number of pyridine rings is 1. The Kier molecular flexibility index (Phi) is 4.43. The molecule has 0 bridgehead atoms. The van der Waals surface area contributed by atoms with Gasteiger partial charge in [-0.3, -0.25) is 4.79 Å². The number of nitrogens with zero attached hydrogens (tertiary/aromatic N) is 3. The van der Waals surface area contributed by atoms with Crippen molar-refractivity contribution in [2.75, 3.05) is 5.32 Å². The minimum absolute atomic E-state index is 0.219. The van der Waals surface area contributed by atoms with Gasteiger partial charge in [0.2, 0.25) is 0 Å². The van der Waals surface area contributed by atoms with Crippen molar-refractivity contribution in [3.8, 4) is 23.2 Å². The van der Waals surface area contributed by atoms with Gasteiger partial charge in [0.05, 0.1) is 6.26 Å². The highest BCUT2D eigenvalue weighted by Crippen LogP contribution is 2.24. The number of anilines is 1. The minimum Gasteiger partial charge on any atom is -0.459 e. The van der Waals surface area contributed by atoms with Crippen molar-refractivity contribution in [1.82, 2.24) is 15.2 Å². The molecular weight excluding hydrogens is 368 g/mol. The van der Waals surface area contributed by atoms with Crippen LogP contribution in [-0.4, -0.2) is 21.1 Å². The van der Waals surface area contributed by atoms with Crippen LogP contribution in [0.1, 0.15) is 15.9 Å². The van der Waals surface area contributed by atoms with Crippen molar-refractivity contribution in [2.45, 2.75) is 6.92 Å². The summed E-state index contributed by atoms with van der Waals surface area (Å²) in [4.78, 5) is 16.9. The molecule has 8 heteroatoms. The third-order valence-corrected chi connectivity index (χ3v) is 4.05. The second-order valence-electron chi connectivity index (χ2n) is 5.71. The topological polar surface area (TPSA) is 94.1 Å². The van der Waals surface area contributed by atoms with Gasteiger partial charge in [-0.1, -0.05) is 23.7 Å². The molecule has 0 atom stereocenters. The first-order valence-corrected chi connectivity index (χ1v) is 8.40. The Bertz CT molecular complexity index is 1110. The summed E-state index contributed by atoms with van der Waals surface area (Å²) < 4.78 is 10.8. The van der Waals surface area contributed by atoms with Gasteiger partial charge in [-0.25, -0.2) is 4.98 Å². The van der Waals surface area contributed by atoms with Crippen LogP contribution in [0, 0.1) is 6.92 Å². The summed E-state index contributed by atoms with van der Waals surface area (Å²) in [7, 11) is 0. The first kappa shape index (κ1) is 17.0. The van der Waals surface area contributed by atoms with Crippen LogP contribution in [0.25, 0.3) is 23.2 Å². The molecule has 4 aromatic rings. The molecule has 0 saturated heterocycles. The quantitative estimate of drug-likeness (QED) is 0.555. The maximum Gasteiger partial charge on any atom is 0.283 e. The molecule has 1 amide bonds. The fraction of sp³-hybridized carbons (Fsp3) is 0.0526. The van der Waals surface area contributed by atoms with Gasteiger partial charge >= 0.3 is 0 Å². The Balaban J connectivity index is 1.58. The molecule has 0 saturated carbocycles. The first-order valence-electron chi connectivity index (χ1n) is 8.02. The summed E-state index contributed by atoms with van der Waals surface area (Å²) in [6, 6.07) is 13.7. The first-order chi connectivity index (χ1) is 13.1. The van der Waals surface area contributed by atoms with Crippen LogP contribution in [0.2, 0.25) is 5.02 Å². The zero-order chi connectivity index (χ0) is 18.8. The molecule has 7 nitrogen and oxygen atoms in total. The van der Waals surface area contributed by atoms with Crippen LogP contribution in [0.4, 0.5) is 5.82 Å². The van der Waals surface area contributed by atoms with Gasteiger partial charge in [-0.05, 0) is 48.9 Å². The molecule has 1 aromatic carbocycles. The van der Waals surface area contributed by atoms with Crippen LogP contribution in [0.5, 0.6) is 0 Å². The average Bonchev–Trinajstić information content (AvgIpc) is 3.35. The molecule has 4 rings (SSSR count). The number of furan rings is 1. The molecule has 27 heavy (non-hydrogen) atoms. The lowest BCUT2D eigenvalue weighted by molar-refractivity contribution is 0.102. The second kappa shape index (κ2) is 7.05. The fourth-order valence-electron chi connectivity index (χ4n) is 2.47. The number of benzene rings is 1. The van der Waals surface area contributed by atoms with Crippen molar-refractivity contribution in [3.05, 3.63) is 70.9 Å². The molecule has 0 aliphatic carbocycles. The number of carbonyl (C=O) groups excluding carboxylic acids is 1. The molecule has 0 aliphatic rings. The van der Waals surface area contributed by atoms with E-state index in [2.05, 4.69) is 20.5 Å². The molecule has 3 aromatic heterocycles. The molecule has 0 radical (unpaired) electrons. The molecule has 0 spiro atoms. The normalized spacial score (nSPS) is 10.7.